The maximum Gasteiger partial charge on any atom is 0.256 e. The van der Waals surface area contributed by atoms with Gasteiger partial charge >= 0.3 is 0 Å². The summed E-state index contributed by atoms with van der Waals surface area (Å²) in [6.07, 6.45) is 3.36. The van der Waals surface area contributed by atoms with Crippen molar-refractivity contribution in [1.82, 2.24) is 14.8 Å². The van der Waals surface area contributed by atoms with Crippen molar-refractivity contribution in [1.29, 1.82) is 0 Å². The van der Waals surface area contributed by atoms with E-state index < -0.39 is 11.6 Å². The molecule has 0 unspecified atom stereocenters. The van der Waals surface area contributed by atoms with Crippen LogP contribution in [0.15, 0.2) is 46.9 Å². The SMILES string of the molecule is Cc1nn(Cc2ccc(F)c(F)c2)c(C)c1NC(=O)c1cc(C2CCC2)nc2ccc(Br)cc12. The second kappa shape index (κ2) is 8.91. The number of aromatic nitrogens is 3. The largest absolute Gasteiger partial charge is 0.319 e. The fourth-order valence-electron chi connectivity index (χ4n) is 4.34. The highest BCUT2D eigenvalue weighted by Crippen LogP contribution is 2.37. The highest BCUT2D eigenvalue weighted by Gasteiger charge is 2.24. The monoisotopic (exact) mass is 524 g/mol. The van der Waals surface area contributed by atoms with Crippen LogP contribution in [-0.2, 0) is 6.54 Å². The zero-order valence-electron chi connectivity index (χ0n) is 18.8. The molecule has 5 rings (SSSR count). The minimum Gasteiger partial charge on any atom is -0.319 e. The van der Waals surface area contributed by atoms with Crippen LogP contribution >= 0.6 is 15.9 Å². The summed E-state index contributed by atoms with van der Waals surface area (Å²) in [6.45, 7) is 3.92. The van der Waals surface area contributed by atoms with E-state index in [1.165, 1.54) is 12.5 Å². The smallest absolute Gasteiger partial charge is 0.256 e. The summed E-state index contributed by atoms with van der Waals surface area (Å²) in [5.41, 5.74) is 4.88. The van der Waals surface area contributed by atoms with Gasteiger partial charge < -0.3 is 5.32 Å². The number of benzene rings is 2. The van der Waals surface area contributed by atoms with E-state index in [9.17, 15) is 13.6 Å². The van der Waals surface area contributed by atoms with Gasteiger partial charge in [-0.3, -0.25) is 14.5 Å². The van der Waals surface area contributed by atoms with Gasteiger partial charge in [-0.1, -0.05) is 28.4 Å². The van der Waals surface area contributed by atoms with Crippen LogP contribution in [0, 0.1) is 25.5 Å². The van der Waals surface area contributed by atoms with E-state index in [2.05, 4.69) is 26.3 Å². The van der Waals surface area contributed by atoms with Crippen LogP contribution < -0.4 is 5.32 Å². The lowest BCUT2D eigenvalue weighted by Gasteiger charge is -2.25. The van der Waals surface area contributed by atoms with Crippen molar-refractivity contribution in [3.05, 3.63) is 86.8 Å². The number of carbonyl (C=O) groups excluding carboxylic acids is 1. The first-order valence-corrected chi connectivity index (χ1v) is 12.0. The van der Waals surface area contributed by atoms with E-state index >= 15 is 0 Å². The molecule has 8 heteroatoms. The molecule has 2 heterocycles. The number of nitrogens with zero attached hydrogens (tertiary/aromatic N) is 3. The van der Waals surface area contributed by atoms with Gasteiger partial charge in [0.15, 0.2) is 11.6 Å². The quantitative estimate of drug-likeness (QED) is 0.317. The molecule has 0 radical (unpaired) electrons. The number of anilines is 1. The zero-order valence-corrected chi connectivity index (χ0v) is 20.4. The number of pyridine rings is 1. The van der Waals surface area contributed by atoms with Gasteiger partial charge in [0.25, 0.3) is 5.91 Å². The Kier molecular flexibility index (Phi) is 5.93. The Hall–Kier alpha value is -3.13. The first-order valence-electron chi connectivity index (χ1n) is 11.2. The summed E-state index contributed by atoms with van der Waals surface area (Å²) >= 11 is 3.50. The fraction of sp³-hybridized carbons (Fsp3) is 0.269. The minimum absolute atomic E-state index is 0.232. The average molecular weight is 525 g/mol. The van der Waals surface area contributed by atoms with E-state index in [0.717, 1.165) is 51.7 Å². The number of amides is 1. The van der Waals surface area contributed by atoms with Crippen molar-refractivity contribution in [2.24, 2.45) is 0 Å². The summed E-state index contributed by atoms with van der Waals surface area (Å²) in [7, 11) is 0. The first-order chi connectivity index (χ1) is 16.3. The molecule has 1 aliphatic carbocycles. The summed E-state index contributed by atoms with van der Waals surface area (Å²) in [4.78, 5) is 18.3. The molecule has 5 nitrogen and oxygen atoms in total. The summed E-state index contributed by atoms with van der Waals surface area (Å²) < 4.78 is 29.5. The molecule has 1 amide bonds. The van der Waals surface area contributed by atoms with Gasteiger partial charge in [-0.25, -0.2) is 8.78 Å². The molecule has 1 saturated carbocycles. The van der Waals surface area contributed by atoms with E-state index in [4.69, 9.17) is 4.98 Å². The number of hydrogen-bond acceptors (Lipinski definition) is 3. The predicted octanol–water partition coefficient (Wildman–Crippen LogP) is 6.66. The third-order valence-corrected chi connectivity index (χ3v) is 6.99. The minimum atomic E-state index is -0.898. The topological polar surface area (TPSA) is 59.8 Å². The van der Waals surface area contributed by atoms with Crippen molar-refractivity contribution in [3.63, 3.8) is 0 Å². The number of hydrogen-bond donors (Lipinski definition) is 1. The molecular weight excluding hydrogens is 502 g/mol. The normalized spacial score (nSPS) is 13.8. The van der Waals surface area contributed by atoms with E-state index in [1.54, 1.807) is 4.68 Å². The van der Waals surface area contributed by atoms with Crippen molar-refractivity contribution in [3.8, 4) is 0 Å². The number of nitrogens with one attached hydrogen (secondary N) is 1. The second-order valence-corrected chi connectivity index (χ2v) is 9.71. The van der Waals surface area contributed by atoms with Gasteiger partial charge in [0.2, 0.25) is 0 Å². The molecule has 174 valence electrons. The van der Waals surface area contributed by atoms with Crippen LogP contribution in [-0.4, -0.2) is 20.7 Å². The Morgan fingerprint density at radius 2 is 1.91 bits per heavy atom. The highest BCUT2D eigenvalue weighted by molar-refractivity contribution is 9.10. The van der Waals surface area contributed by atoms with E-state index in [0.29, 0.717) is 28.4 Å². The van der Waals surface area contributed by atoms with E-state index in [-0.39, 0.29) is 12.5 Å². The van der Waals surface area contributed by atoms with Crippen LogP contribution in [0.4, 0.5) is 14.5 Å². The predicted molar refractivity (Wildman–Crippen MR) is 131 cm³/mol. The summed E-state index contributed by atoms with van der Waals surface area (Å²) in [6, 6.07) is 11.5. The number of fused-ring (bicyclic) bond motifs is 1. The molecule has 0 bridgehead atoms. The van der Waals surface area contributed by atoms with Crippen LogP contribution in [0.2, 0.25) is 0 Å². The molecule has 2 aromatic heterocycles. The Morgan fingerprint density at radius 3 is 2.62 bits per heavy atom. The maximum absolute atomic E-state index is 13.6. The molecule has 4 aromatic rings. The molecule has 1 aliphatic rings. The fourth-order valence-corrected chi connectivity index (χ4v) is 4.70. The van der Waals surface area contributed by atoms with Crippen LogP contribution in [0.5, 0.6) is 0 Å². The Balaban J connectivity index is 1.47. The maximum atomic E-state index is 13.6. The Labute approximate surface area is 204 Å². The molecule has 2 aromatic carbocycles. The molecule has 0 saturated heterocycles. The molecule has 0 aliphatic heterocycles. The second-order valence-electron chi connectivity index (χ2n) is 8.79. The van der Waals surface area contributed by atoms with Gasteiger partial charge in [0.1, 0.15) is 0 Å². The van der Waals surface area contributed by atoms with Crippen molar-refractivity contribution >= 4 is 38.4 Å². The van der Waals surface area contributed by atoms with Crippen LogP contribution in [0.3, 0.4) is 0 Å². The Morgan fingerprint density at radius 1 is 1.12 bits per heavy atom. The first kappa shape index (κ1) is 22.7. The van der Waals surface area contributed by atoms with Crippen LogP contribution in [0.1, 0.15) is 58.2 Å². The lowest BCUT2D eigenvalue weighted by Crippen LogP contribution is -2.17. The zero-order chi connectivity index (χ0) is 24.0. The van der Waals surface area contributed by atoms with Crippen molar-refractivity contribution in [2.45, 2.75) is 45.6 Å². The number of rotatable bonds is 5. The van der Waals surface area contributed by atoms with Gasteiger partial charge in [0.05, 0.1) is 34.7 Å². The van der Waals surface area contributed by atoms with Crippen molar-refractivity contribution < 1.29 is 13.6 Å². The van der Waals surface area contributed by atoms with Gasteiger partial charge in [-0.15, -0.1) is 0 Å². The van der Waals surface area contributed by atoms with Crippen molar-refractivity contribution in [2.75, 3.05) is 5.32 Å². The lowest BCUT2D eigenvalue weighted by atomic mass is 9.82. The van der Waals surface area contributed by atoms with Gasteiger partial charge in [-0.2, -0.15) is 5.10 Å². The molecular formula is C26H23BrF2N4O. The van der Waals surface area contributed by atoms with Crippen LogP contribution in [0.25, 0.3) is 10.9 Å². The molecule has 1 N–H and O–H groups in total. The van der Waals surface area contributed by atoms with E-state index in [1.807, 2.05) is 38.1 Å². The number of aryl methyl sites for hydroxylation is 1. The third kappa shape index (κ3) is 4.22. The summed E-state index contributed by atoms with van der Waals surface area (Å²) in [5, 5.41) is 8.33. The molecule has 1 fully saturated rings. The molecule has 0 spiro atoms. The molecule has 0 atom stereocenters. The standard InChI is InChI=1S/C26H23BrF2N4O/c1-14-25(15(2)33(32-14)13-16-6-8-21(28)22(29)10-16)31-26(34)20-12-24(17-4-3-5-17)30-23-9-7-18(27)11-19(20)23/h6-12,17H,3-5,13H2,1-2H3,(H,31,34). The Bertz CT molecular complexity index is 1430. The number of carbonyl (C=O) groups is 1. The third-order valence-electron chi connectivity index (χ3n) is 6.49. The lowest BCUT2D eigenvalue weighted by molar-refractivity contribution is 0.102. The van der Waals surface area contributed by atoms with Gasteiger partial charge in [-0.05, 0) is 68.7 Å². The summed E-state index contributed by atoms with van der Waals surface area (Å²) in [5.74, 6) is -1.63. The highest BCUT2D eigenvalue weighted by atomic mass is 79.9. The average Bonchev–Trinajstić information content (AvgIpc) is 3.02. The van der Waals surface area contributed by atoms with Gasteiger partial charge in [0, 0.05) is 21.5 Å². The molecule has 34 heavy (non-hydrogen) atoms. The number of halogens is 3.